The van der Waals surface area contributed by atoms with E-state index in [1.54, 1.807) is 4.90 Å². The zero-order valence-corrected chi connectivity index (χ0v) is 21.7. The molecule has 166 valence electrons. The second kappa shape index (κ2) is 13.1. The minimum atomic E-state index is 0. The molecule has 0 aliphatic heterocycles. The van der Waals surface area contributed by atoms with Crippen LogP contribution < -0.4 is 5.73 Å². The summed E-state index contributed by atoms with van der Waals surface area (Å²) in [7, 11) is 3.68. The van der Waals surface area contributed by atoms with Gasteiger partial charge in [-0.25, -0.2) is 0 Å². The number of allylic oxidation sites excluding steroid dienone is 2. The Hall–Kier alpha value is -2.41. The highest BCUT2D eigenvalue weighted by Crippen LogP contribution is 2.16. The Balaban J connectivity index is 0.00000480. The van der Waals surface area contributed by atoms with E-state index in [9.17, 15) is 0 Å². The zero-order chi connectivity index (χ0) is 22.1. The van der Waals surface area contributed by atoms with Crippen molar-refractivity contribution >= 4 is 47.8 Å². The van der Waals surface area contributed by atoms with Crippen molar-refractivity contribution in [2.24, 2.45) is 15.9 Å². The Morgan fingerprint density at radius 3 is 1.45 bits per heavy atom. The maximum Gasteiger partial charge on any atom is 0.215 e. The number of benzene rings is 2. The van der Waals surface area contributed by atoms with Crippen molar-refractivity contribution in [2.75, 3.05) is 14.1 Å². The van der Waals surface area contributed by atoms with Gasteiger partial charge in [0.15, 0.2) is 0 Å². The molecule has 0 aromatic heterocycles. The van der Waals surface area contributed by atoms with E-state index in [1.807, 2.05) is 38.4 Å². The SMILES string of the molecule is CC(C)c1ccc(/C=C/C(/C=C/c2ccc(C(C)C)cc2)=NN=C(N)N(C)C)cc1.I. The maximum atomic E-state index is 5.89. The maximum absolute atomic E-state index is 5.89. The van der Waals surface area contributed by atoms with Crippen molar-refractivity contribution in [2.45, 2.75) is 39.5 Å². The highest BCUT2D eigenvalue weighted by atomic mass is 127. The highest BCUT2D eigenvalue weighted by Gasteiger charge is 1.99. The number of guanidine groups is 1. The molecule has 0 bridgehead atoms. The van der Waals surface area contributed by atoms with Gasteiger partial charge in [0, 0.05) is 14.1 Å². The average molecular weight is 530 g/mol. The molecular formula is C26H35IN4. The second-order valence-electron chi connectivity index (χ2n) is 8.19. The molecule has 31 heavy (non-hydrogen) atoms. The third-order valence-corrected chi connectivity index (χ3v) is 4.83. The molecule has 4 nitrogen and oxygen atoms in total. The first-order valence-corrected chi connectivity index (χ1v) is 10.4. The van der Waals surface area contributed by atoms with Gasteiger partial charge in [-0.3, -0.25) is 0 Å². The van der Waals surface area contributed by atoms with E-state index in [-0.39, 0.29) is 24.0 Å². The van der Waals surface area contributed by atoms with Gasteiger partial charge in [-0.05, 0) is 46.2 Å². The van der Waals surface area contributed by atoms with Gasteiger partial charge in [0.25, 0.3) is 0 Å². The standard InChI is InChI=1S/C26H34N4.HI/c1-19(2)23-13-7-21(8-14-23)11-17-25(28-29-26(27)30(5)6)18-12-22-9-15-24(16-10-22)20(3)4;/h7-20H,1-6H3,(H2,27,29);1H/b17-11+,18-12+;. The zero-order valence-electron chi connectivity index (χ0n) is 19.4. The van der Waals surface area contributed by atoms with Crippen LogP contribution in [0.15, 0.2) is 70.9 Å². The van der Waals surface area contributed by atoms with Crippen LogP contribution in [0.3, 0.4) is 0 Å². The third-order valence-electron chi connectivity index (χ3n) is 4.83. The van der Waals surface area contributed by atoms with Crippen LogP contribution in [0.2, 0.25) is 0 Å². The van der Waals surface area contributed by atoms with Crippen molar-refractivity contribution in [1.82, 2.24) is 4.90 Å². The van der Waals surface area contributed by atoms with E-state index in [0.29, 0.717) is 17.8 Å². The Bertz CT molecular complexity index is 855. The number of hydrogen-bond donors (Lipinski definition) is 1. The summed E-state index contributed by atoms with van der Waals surface area (Å²) in [5.41, 5.74) is 11.5. The molecule has 2 aromatic carbocycles. The normalized spacial score (nSPS) is 11.9. The van der Waals surface area contributed by atoms with Crippen LogP contribution in [0.4, 0.5) is 0 Å². The Kier molecular flexibility index (Phi) is 11.3. The van der Waals surface area contributed by atoms with Gasteiger partial charge in [-0.2, -0.15) is 0 Å². The molecule has 0 saturated heterocycles. The number of hydrogen-bond acceptors (Lipinski definition) is 2. The largest absolute Gasteiger partial charge is 0.368 e. The molecule has 0 aliphatic carbocycles. The summed E-state index contributed by atoms with van der Waals surface area (Å²) in [6.45, 7) is 8.78. The van der Waals surface area contributed by atoms with E-state index in [2.05, 4.69) is 86.4 Å². The van der Waals surface area contributed by atoms with Crippen LogP contribution in [0.1, 0.15) is 61.8 Å². The Morgan fingerprint density at radius 1 is 0.742 bits per heavy atom. The molecule has 2 aromatic rings. The lowest BCUT2D eigenvalue weighted by Crippen LogP contribution is -2.29. The summed E-state index contributed by atoms with van der Waals surface area (Å²) in [5, 5.41) is 8.46. The van der Waals surface area contributed by atoms with Gasteiger partial charge in [-0.1, -0.05) is 88.4 Å². The van der Waals surface area contributed by atoms with Gasteiger partial charge >= 0.3 is 0 Å². The minimum absolute atomic E-state index is 0. The van der Waals surface area contributed by atoms with Crippen molar-refractivity contribution in [3.8, 4) is 0 Å². The summed E-state index contributed by atoms with van der Waals surface area (Å²) in [5.74, 6) is 1.40. The van der Waals surface area contributed by atoms with E-state index in [4.69, 9.17) is 5.73 Å². The molecule has 0 fully saturated rings. The first-order valence-electron chi connectivity index (χ1n) is 10.4. The lowest BCUT2D eigenvalue weighted by molar-refractivity contribution is 0.611. The molecule has 2 N–H and O–H groups in total. The van der Waals surface area contributed by atoms with Gasteiger partial charge in [0.05, 0.1) is 5.71 Å². The molecular weight excluding hydrogens is 495 g/mol. The van der Waals surface area contributed by atoms with E-state index < -0.39 is 0 Å². The summed E-state index contributed by atoms with van der Waals surface area (Å²) < 4.78 is 0. The lowest BCUT2D eigenvalue weighted by atomic mass is 10.0. The van der Waals surface area contributed by atoms with Crippen LogP contribution in [0.5, 0.6) is 0 Å². The monoisotopic (exact) mass is 530 g/mol. The molecule has 2 rings (SSSR count). The van der Waals surface area contributed by atoms with Crippen LogP contribution in [0.25, 0.3) is 12.2 Å². The average Bonchev–Trinajstić information content (AvgIpc) is 2.73. The van der Waals surface area contributed by atoms with Crippen molar-refractivity contribution in [3.05, 3.63) is 82.9 Å². The molecule has 0 atom stereocenters. The fourth-order valence-electron chi connectivity index (χ4n) is 2.67. The van der Waals surface area contributed by atoms with Crippen molar-refractivity contribution in [3.63, 3.8) is 0 Å². The quantitative estimate of drug-likeness (QED) is 0.192. The molecule has 0 radical (unpaired) electrons. The third kappa shape index (κ3) is 9.09. The fraction of sp³-hybridized carbons (Fsp3) is 0.308. The summed E-state index contributed by atoms with van der Waals surface area (Å²) in [4.78, 5) is 1.73. The topological polar surface area (TPSA) is 54.0 Å². The van der Waals surface area contributed by atoms with Crippen LogP contribution >= 0.6 is 24.0 Å². The molecule has 5 heteroatoms. The molecule has 0 unspecified atom stereocenters. The number of nitrogens with zero attached hydrogens (tertiary/aromatic N) is 3. The van der Waals surface area contributed by atoms with E-state index in [0.717, 1.165) is 16.8 Å². The molecule has 0 aliphatic rings. The number of rotatable bonds is 7. The van der Waals surface area contributed by atoms with Crippen molar-refractivity contribution in [1.29, 1.82) is 0 Å². The number of halogens is 1. The molecule has 0 saturated carbocycles. The Labute approximate surface area is 204 Å². The first-order chi connectivity index (χ1) is 14.3. The van der Waals surface area contributed by atoms with E-state index >= 15 is 0 Å². The lowest BCUT2D eigenvalue weighted by Gasteiger charge is -2.08. The van der Waals surface area contributed by atoms with Crippen LogP contribution in [-0.2, 0) is 0 Å². The van der Waals surface area contributed by atoms with Gasteiger partial charge in [-0.15, -0.1) is 34.2 Å². The van der Waals surface area contributed by atoms with Gasteiger partial charge in [0.2, 0.25) is 5.96 Å². The minimum Gasteiger partial charge on any atom is -0.368 e. The van der Waals surface area contributed by atoms with Crippen LogP contribution in [0, 0.1) is 0 Å². The number of nitrogens with two attached hydrogens (primary N) is 1. The molecule has 0 spiro atoms. The summed E-state index contributed by atoms with van der Waals surface area (Å²) >= 11 is 0. The van der Waals surface area contributed by atoms with E-state index in [1.165, 1.54) is 11.1 Å². The van der Waals surface area contributed by atoms with Gasteiger partial charge < -0.3 is 10.6 Å². The fourth-order valence-corrected chi connectivity index (χ4v) is 2.67. The first kappa shape index (κ1) is 26.6. The Morgan fingerprint density at radius 2 is 1.13 bits per heavy atom. The highest BCUT2D eigenvalue weighted by molar-refractivity contribution is 14.0. The predicted octanol–water partition coefficient (Wildman–Crippen LogP) is 6.51. The summed E-state index contributed by atoms with van der Waals surface area (Å²) in [6.07, 6.45) is 7.98. The van der Waals surface area contributed by atoms with Crippen molar-refractivity contribution < 1.29 is 0 Å². The summed E-state index contributed by atoms with van der Waals surface area (Å²) in [6, 6.07) is 17.1. The van der Waals surface area contributed by atoms with Gasteiger partial charge in [0.1, 0.15) is 0 Å². The molecule has 0 heterocycles. The van der Waals surface area contributed by atoms with Crippen LogP contribution in [-0.4, -0.2) is 30.7 Å². The second-order valence-corrected chi connectivity index (χ2v) is 8.19. The molecule has 0 amide bonds. The predicted molar refractivity (Wildman–Crippen MR) is 147 cm³/mol. The smallest absolute Gasteiger partial charge is 0.215 e.